The summed E-state index contributed by atoms with van der Waals surface area (Å²) in [6, 6.07) is 6.06. The van der Waals surface area contributed by atoms with Crippen LogP contribution in [-0.4, -0.2) is 33.8 Å². The first-order chi connectivity index (χ1) is 7.25. The lowest BCUT2D eigenvalue weighted by molar-refractivity contribution is -0.00899. The molecule has 0 aliphatic carbocycles. The molecule has 0 amide bonds. The highest BCUT2D eigenvalue weighted by Gasteiger charge is 2.34. The van der Waals surface area contributed by atoms with E-state index < -0.39 is 5.60 Å². The zero-order valence-electron chi connectivity index (χ0n) is 8.33. The monoisotopic (exact) mass is 203 g/mol. The molecule has 0 spiro atoms. The molecule has 1 aromatic heterocycles. The minimum atomic E-state index is -0.548. The van der Waals surface area contributed by atoms with Gasteiger partial charge in [0.05, 0.1) is 23.0 Å². The largest absolute Gasteiger partial charge is 0.387 e. The number of rotatable bonds is 2. The molecular formula is C11H13N3O. The van der Waals surface area contributed by atoms with Crippen LogP contribution in [0.2, 0.25) is 0 Å². The second kappa shape index (κ2) is 3.05. The van der Waals surface area contributed by atoms with Gasteiger partial charge in [-0.15, -0.1) is 0 Å². The molecule has 0 bridgehead atoms. The molecule has 2 aromatic rings. The van der Waals surface area contributed by atoms with Gasteiger partial charge in [0.1, 0.15) is 0 Å². The number of aliphatic hydroxyl groups is 1. The minimum Gasteiger partial charge on any atom is -0.387 e. The Balaban J connectivity index is 1.90. The van der Waals surface area contributed by atoms with E-state index in [0.717, 1.165) is 16.6 Å². The second-order valence-electron chi connectivity index (χ2n) is 4.26. The van der Waals surface area contributed by atoms with Crippen molar-refractivity contribution in [2.45, 2.75) is 12.0 Å². The number of aromatic nitrogens is 2. The number of nitrogens with zero attached hydrogens (tertiary/aromatic N) is 1. The average Bonchev–Trinajstić information content (AvgIpc) is 2.62. The lowest BCUT2D eigenvalue weighted by Crippen LogP contribution is -2.60. The molecule has 1 saturated heterocycles. The predicted octanol–water partition coefficient (Wildman–Crippen LogP) is 0.440. The number of benzene rings is 1. The molecule has 1 aliphatic heterocycles. The quantitative estimate of drug-likeness (QED) is 0.663. The van der Waals surface area contributed by atoms with E-state index >= 15 is 0 Å². The fraction of sp³-hybridized carbons (Fsp3) is 0.364. The van der Waals surface area contributed by atoms with Gasteiger partial charge in [-0.3, -0.25) is 0 Å². The van der Waals surface area contributed by atoms with Crippen LogP contribution in [-0.2, 0) is 6.42 Å². The summed E-state index contributed by atoms with van der Waals surface area (Å²) in [5.41, 5.74) is 2.60. The standard InChI is InChI=1S/C11H13N3O/c15-11(5-12-6-11)4-8-1-2-9-10(3-8)14-7-13-9/h1-3,7,12,15H,4-6H2,(H,13,14). The van der Waals surface area contributed by atoms with E-state index in [-0.39, 0.29) is 0 Å². The van der Waals surface area contributed by atoms with Crippen LogP contribution in [0.1, 0.15) is 5.56 Å². The minimum absolute atomic E-state index is 0.548. The highest BCUT2D eigenvalue weighted by atomic mass is 16.3. The topological polar surface area (TPSA) is 60.9 Å². The Hall–Kier alpha value is -1.39. The first-order valence-electron chi connectivity index (χ1n) is 5.10. The van der Waals surface area contributed by atoms with Gasteiger partial charge >= 0.3 is 0 Å². The number of β-amino-alcohol motifs (C(OH)–C–C–N with tert-alkyl or cyclic N) is 1. The molecule has 1 aromatic carbocycles. The molecule has 3 rings (SSSR count). The molecule has 4 nitrogen and oxygen atoms in total. The number of hydrogen-bond acceptors (Lipinski definition) is 3. The van der Waals surface area contributed by atoms with Crippen molar-refractivity contribution >= 4 is 11.0 Å². The van der Waals surface area contributed by atoms with E-state index in [1.807, 2.05) is 12.1 Å². The molecule has 0 radical (unpaired) electrons. The zero-order chi connectivity index (χ0) is 10.3. The molecule has 2 heterocycles. The maximum Gasteiger partial charge on any atom is 0.0935 e. The summed E-state index contributed by atoms with van der Waals surface area (Å²) in [5.74, 6) is 0. The number of H-pyrrole nitrogens is 1. The van der Waals surface area contributed by atoms with Crippen LogP contribution in [0, 0.1) is 0 Å². The van der Waals surface area contributed by atoms with Crippen LogP contribution < -0.4 is 5.32 Å². The third kappa shape index (κ3) is 1.52. The van der Waals surface area contributed by atoms with Gasteiger partial charge in [-0.1, -0.05) is 6.07 Å². The third-order valence-electron chi connectivity index (χ3n) is 2.93. The molecule has 3 N–H and O–H groups in total. The summed E-state index contributed by atoms with van der Waals surface area (Å²) >= 11 is 0. The maximum atomic E-state index is 10.00. The van der Waals surface area contributed by atoms with E-state index in [0.29, 0.717) is 19.5 Å². The number of nitrogens with one attached hydrogen (secondary N) is 2. The van der Waals surface area contributed by atoms with Crippen LogP contribution in [0.3, 0.4) is 0 Å². The highest BCUT2D eigenvalue weighted by molar-refractivity contribution is 5.75. The van der Waals surface area contributed by atoms with E-state index in [4.69, 9.17) is 0 Å². The summed E-state index contributed by atoms with van der Waals surface area (Å²) in [4.78, 5) is 7.23. The van der Waals surface area contributed by atoms with Gasteiger partial charge in [0.15, 0.2) is 0 Å². The number of imidazole rings is 1. The van der Waals surface area contributed by atoms with Gasteiger partial charge in [0.25, 0.3) is 0 Å². The maximum absolute atomic E-state index is 10.00. The molecule has 78 valence electrons. The van der Waals surface area contributed by atoms with Crippen LogP contribution in [0.25, 0.3) is 11.0 Å². The average molecular weight is 203 g/mol. The Morgan fingerprint density at radius 2 is 2.27 bits per heavy atom. The Kier molecular flexibility index (Phi) is 1.81. The van der Waals surface area contributed by atoms with Crippen molar-refractivity contribution in [1.29, 1.82) is 0 Å². The second-order valence-corrected chi connectivity index (χ2v) is 4.26. The van der Waals surface area contributed by atoms with Crippen molar-refractivity contribution in [2.75, 3.05) is 13.1 Å². The smallest absolute Gasteiger partial charge is 0.0935 e. The Labute approximate surface area is 87.3 Å². The molecule has 0 saturated carbocycles. The van der Waals surface area contributed by atoms with Gasteiger partial charge in [-0.2, -0.15) is 0 Å². The highest BCUT2D eigenvalue weighted by Crippen LogP contribution is 2.20. The van der Waals surface area contributed by atoms with Crippen molar-refractivity contribution < 1.29 is 5.11 Å². The molecule has 4 heteroatoms. The lowest BCUT2D eigenvalue weighted by Gasteiger charge is -2.37. The SMILES string of the molecule is OC1(Cc2ccc3nc[nH]c3c2)CNC1. The van der Waals surface area contributed by atoms with Gasteiger partial charge in [-0.05, 0) is 17.7 Å². The van der Waals surface area contributed by atoms with Crippen LogP contribution in [0.5, 0.6) is 0 Å². The number of aromatic amines is 1. The first-order valence-corrected chi connectivity index (χ1v) is 5.10. The van der Waals surface area contributed by atoms with Gasteiger partial charge in [-0.25, -0.2) is 4.98 Å². The summed E-state index contributed by atoms with van der Waals surface area (Å²) in [7, 11) is 0. The molecule has 0 atom stereocenters. The Morgan fingerprint density at radius 3 is 3.00 bits per heavy atom. The Bertz CT molecular complexity index is 487. The van der Waals surface area contributed by atoms with E-state index in [1.165, 1.54) is 0 Å². The predicted molar refractivity (Wildman–Crippen MR) is 57.6 cm³/mol. The van der Waals surface area contributed by atoms with E-state index in [9.17, 15) is 5.11 Å². The fourth-order valence-corrected chi connectivity index (χ4v) is 2.01. The van der Waals surface area contributed by atoms with Crippen molar-refractivity contribution in [2.24, 2.45) is 0 Å². The summed E-state index contributed by atoms with van der Waals surface area (Å²) in [5, 5.41) is 13.1. The van der Waals surface area contributed by atoms with Gasteiger partial charge < -0.3 is 15.4 Å². The van der Waals surface area contributed by atoms with Crippen molar-refractivity contribution in [3.63, 3.8) is 0 Å². The van der Waals surface area contributed by atoms with Crippen LogP contribution >= 0.6 is 0 Å². The van der Waals surface area contributed by atoms with Gasteiger partial charge in [0, 0.05) is 19.5 Å². The first kappa shape index (κ1) is 8.88. The van der Waals surface area contributed by atoms with Crippen molar-refractivity contribution in [3.05, 3.63) is 30.1 Å². The van der Waals surface area contributed by atoms with E-state index in [2.05, 4.69) is 21.4 Å². The summed E-state index contributed by atoms with van der Waals surface area (Å²) in [6.07, 6.45) is 2.39. The summed E-state index contributed by atoms with van der Waals surface area (Å²) < 4.78 is 0. The van der Waals surface area contributed by atoms with E-state index in [1.54, 1.807) is 6.33 Å². The molecule has 1 fully saturated rings. The normalized spacial score (nSPS) is 19.0. The third-order valence-corrected chi connectivity index (χ3v) is 2.93. The fourth-order valence-electron chi connectivity index (χ4n) is 2.01. The van der Waals surface area contributed by atoms with Gasteiger partial charge in [0.2, 0.25) is 0 Å². The van der Waals surface area contributed by atoms with Crippen LogP contribution in [0.15, 0.2) is 24.5 Å². The van der Waals surface area contributed by atoms with Crippen LogP contribution in [0.4, 0.5) is 0 Å². The lowest BCUT2D eigenvalue weighted by atomic mass is 9.89. The van der Waals surface area contributed by atoms with Crippen molar-refractivity contribution in [3.8, 4) is 0 Å². The molecule has 1 aliphatic rings. The zero-order valence-corrected chi connectivity index (χ0v) is 8.33. The molecule has 0 unspecified atom stereocenters. The van der Waals surface area contributed by atoms with Crippen molar-refractivity contribution in [1.82, 2.24) is 15.3 Å². The summed E-state index contributed by atoms with van der Waals surface area (Å²) in [6.45, 7) is 1.38. The molecule has 15 heavy (non-hydrogen) atoms. The number of hydrogen-bond donors (Lipinski definition) is 3. The number of fused-ring (bicyclic) bond motifs is 1. The Morgan fingerprint density at radius 1 is 1.40 bits per heavy atom. The molecular weight excluding hydrogens is 190 g/mol.